The Morgan fingerprint density at radius 1 is 1.44 bits per heavy atom. The van der Waals surface area contributed by atoms with E-state index in [0.717, 1.165) is 9.36 Å². The van der Waals surface area contributed by atoms with Gasteiger partial charge in [-0.2, -0.15) is 9.36 Å². The Kier molecular flexibility index (Phi) is 2.86. The van der Waals surface area contributed by atoms with Crippen molar-refractivity contribution in [2.75, 3.05) is 0 Å². The Hall–Kier alpha value is -1.50. The highest BCUT2D eigenvalue weighted by molar-refractivity contribution is 9.08. The van der Waals surface area contributed by atoms with Gasteiger partial charge in [0.25, 0.3) is 0 Å². The minimum atomic E-state index is -0.409. The number of benzene rings is 1. The summed E-state index contributed by atoms with van der Waals surface area (Å²) in [5.41, 5.74) is 0.368. The monoisotopic (exact) mass is 286 g/mol. The molecule has 0 aliphatic heterocycles. The first kappa shape index (κ1) is 11.0. The number of aromatic nitrogens is 4. The van der Waals surface area contributed by atoms with Crippen LogP contribution in [0.25, 0.3) is 5.69 Å². The van der Waals surface area contributed by atoms with Gasteiger partial charge < -0.3 is 0 Å². The topological polar surface area (TPSA) is 52.7 Å². The number of rotatable bonds is 2. The zero-order chi connectivity index (χ0) is 11.7. The average Bonchev–Trinajstić information content (AvgIpc) is 2.59. The predicted molar refractivity (Wildman–Crippen MR) is 59.2 cm³/mol. The summed E-state index contributed by atoms with van der Waals surface area (Å²) in [7, 11) is 1.49. The number of halogens is 2. The van der Waals surface area contributed by atoms with Gasteiger partial charge >= 0.3 is 5.69 Å². The minimum absolute atomic E-state index is 0.304. The highest BCUT2D eigenvalue weighted by Crippen LogP contribution is 2.18. The fourth-order valence-electron chi connectivity index (χ4n) is 1.34. The Morgan fingerprint density at radius 3 is 2.75 bits per heavy atom. The smallest absolute Gasteiger partial charge is 0.244 e. The molecule has 0 unspecified atom stereocenters. The molecule has 0 aliphatic carbocycles. The number of hydrogen-bond donors (Lipinski definition) is 0. The van der Waals surface area contributed by atoms with E-state index in [4.69, 9.17) is 0 Å². The molecule has 0 bridgehead atoms. The minimum Gasteiger partial charge on any atom is -0.244 e. The Morgan fingerprint density at radius 2 is 2.19 bits per heavy atom. The van der Waals surface area contributed by atoms with Crippen molar-refractivity contribution in [3.05, 3.63) is 40.1 Å². The van der Waals surface area contributed by atoms with E-state index in [1.54, 1.807) is 6.07 Å². The van der Waals surface area contributed by atoms with E-state index in [2.05, 4.69) is 26.4 Å². The molecule has 2 aromatic rings. The molecule has 1 aromatic heterocycles. The number of aryl methyl sites for hydroxylation is 1. The van der Waals surface area contributed by atoms with Crippen LogP contribution in [0.2, 0.25) is 0 Å². The van der Waals surface area contributed by atoms with Gasteiger partial charge in [-0.3, -0.25) is 0 Å². The van der Waals surface area contributed by atoms with E-state index in [1.165, 1.54) is 19.2 Å². The second kappa shape index (κ2) is 4.17. The highest BCUT2D eigenvalue weighted by atomic mass is 79.9. The molecule has 1 aromatic carbocycles. The van der Waals surface area contributed by atoms with Crippen LogP contribution in [-0.4, -0.2) is 19.8 Å². The zero-order valence-corrected chi connectivity index (χ0v) is 9.98. The van der Waals surface area contributed by atoms with Crippen LogP contribution in [0.4, 0.5) is 4.39 Å². The van der Waals surface area contributed by atoms with Crippen molar-refractivity contribution >= 4 is 15.9 Å². The Labute approximate surface area is 98.6 Å². The molecule has 7 heteroatoms. The van der Waals surface area contributed by atoms with Crippen LogP contribution in [0.1, 0.15) is 5.56 Å². The van der Waals surface area contributed by atoms with Crippen molar-refractivity contribution in [1.29, 1.82) is 0 Å². The van der Waals surface area contributed by atoms with Crippen LogP contribution in [-0.2, 0) is 12.4 Å². The van der Waals surface area contributed by atoms with Crippen molar-refractivity contribution in [1.82, 2.24) is 19.8 Å². The van der Waals surface area contributed by atoms with Crippen molar-refractivity contribution in [3.63, 3.8) is 0 Å². The summed E-state index contributed by atoms with van der Waals surface area (Å²) in [5.74, 6) is -0.382. The lowest BCUT2D eigenvalue weighted by Gasteiger charge is -2.05. The van der Waals surface area contributed by atoms with Gasteiger partial charge in [0, 0.05) is 17.9 Å². The van der Waals surface area contributed by atoms with E-state index in [-0.39, 0.29) is 5.82 Å². The quantitative estimate of drug-likeness (QED) is 0.774. The summed E-state index contributed by atoms with van der Waals surface area (Å²) in [6.45, 7) is 0. The maximum absolute atomic E-state index is 13.5. The lowest BCUT2D eigenvalue weighted by atomic mass is 10.2. The molecule has 16 heavy (non-hydrogen) atoms. The molecule has 0 saturated carbocycles. The van der Waals surface area contributed by atoms with Gasteiger partial charge in [-0.1, -0.05) is 22.0 Å². The van der Waals surface area contributed by atoms with Crippen LogP contribution >= 0.6 is 15.9 Å². The molecule has 0 atom stereocenters. The number of hydrogen-bond acceptors (Lipinski definition) is 3. The summed E-state index contributed by atoms with van der Waals surface area (Å²) in [6.07, 6.45) is 0. The van der Waals surface area contributed by atoms with Gasteiger partial charge in [0.15, 0.2) is 0 Å². The Balaban J connectivity index is 2.69. The molecule has 0 spiro atoms. The third-order valence-corrected chi connectivity index (χ3v) is 2.74. The molecule has 0 saturated heterocycles. The first-order chi connectivity index (χ1) is 7.65. The third-order valence-electron chi connectivity index (χ3n) is 2.18. The molecule has 0 aliphatic rings. The maximum atomic E-state index is 13.5. The van der Waals surface area contributed by atoms with Gasteiger partial charge in [0.1, 0.15) is 5.82 Å². The lowest BCUT2D eigenvalue weighted by Crippen LogP contribution is -2.22. The van der Waals surface area contributed by atoms with E-state index < -0.39 is 5.69 Å². The number of alkyl halides is 1. The van der Waals surface area contributed by atoms with Crippen molar-refractivity contribution < 1.29 is 4.39 Å². The molecule has 0 N–H and O–H groups in total. The standard InChI is InChI=1S/C9H8BrFN4O/c1-14-9(16)15(13-12-14)8-4-2-3-7(11)6(8)5-10/h2-4H,5H2,1H3. The SMILES string of the molecule is Cn1nnn(-c2cccc(F)c2CBr)c1=O. The van der Waals surface area contributed by atoms with E-state index >= 15 is 0 Å². The predicted octanol–water partition coefficient (Wildman–Crippen LogP) is 1.000. The number of nitrogens with zero attached hydrogens (tertiary/aromatic N) is 4. The summed E-state index contributed by atoms with van der Waals surface area (Å²) in [6, 6.07) is 4.48. The summed E-state index contributed by atoms with van der Waals surface area (Å²) >= 11 is 3.18. The summed E-state index contributed by atoms with van der Waals surface area (Å²) in [5, 5.41) is 7.55. The summed E-state index contributed by atoms with van der Waals surface area (Å²) < 4.78 is 15.6. The van der Waals surface area contributed by atoms with Crippen molar-refractivity contribution in [3.8, 4) is 5.69 Å². The van der Waals surface area contributed by atoms with Crippen LogP contribution < -0.4 is 5.69 Å². The molecule has 84 valence electrons. The Bertz CT molecular complexity index is 577. The van der Waals surface area contributed by atoms with Crippen LogP contribution in [0, 0.1) is 5.82 Å². The van der Waals surface area contributed by atoms with Gasteiger partial charge in [-0.25, -0.2) is 9.18 Å². The van der Waals surface area contributed by atoms with Crippen LogP contribution in [0.3, 0.4) is 0 Å². The van der Waals surface area contributed by atoms with E-state index in [1.807, 2.05) is 0 Å². The van der Waals surface area contributed by atoms with Crippen molar-refractivity contribution in [2.45, 2.75) is 5.33 Å². The molecule has 0 fully saturated rings. The maximum Gasteiger partial charge on any atom is 0.368 e. The van der Waals surface area contributed by atoms with Gasteiger partial charge in [-0.15, -0.1) is 0 Å². The highest BCUT2D eigenvalue weighted by Gasteiger charge is 2.13. The average molecular weight is 287 g/mol. The molecular formula is C9H8BrFN4O. The first-order valence-electron chi connectivity index (χ1n) is 4.48. The van der Waals surface area contributed by atoms with Gasteiger partial charge in [-0.05, 0) is 22.6 Å². The fraction of sp³-hybridized carbons (Fsp3) is 0.222. The number of tetrazole rings is 1. The largest absolute Gasteiger partial charge is 0.368 e. The van der Waals surface area contributed by atoms with Crippen molar-refractivity contribution in [2.24, 2.45) is 7.05 Å². The zero-order valence-electron chi connectivity index (χ0n) is 8.39. The lowest BCUT2D eigenvalue weighted by molar-refractivity contribution is 0.613. The fourth-order valence-corrected chi connectivity index (χ4v) is 1.90. The van der Waals surface area contributed by atoms with Crippen LogP contribution in [0.15, 0.2) is 23.0 Å². The summed E-state index contributed by atoms with van der Waals surface area (Å²) in [4.78, 5) is 11.6. The molecule has 5 nitrogen and oxygen atoms in total. The van der Waals surface area contributed by atoms with E-state index in [0.29, 0.717) is 16.6 Å². The molecule has 1 heterocycles. The van der Waals surface area contributed by atoms with Gasteiger partial charge in [0.05, 0.1) is 5.69 Å². The second-order valence-corrected chi connectivity index (χ2v) is 3.73. The molecule has 0 amide bonds. The molecule has 2 rings (SSSR count). The third kappa shape index (κ3) is 1.67. The second-order valence-electron chi connectivity index (χ2n) is 3.17. The molecule has 0 radical (unpaired) electrons. The van der Waals surface area contributed by atoms with E-state index in [9.17, 15) is 9.18 Å². The van der Waals surface area contributed by atoms with Gasteiger partial charge in [0.2, 0.25) is 0 Å². The van der Waals surface area contributed by atoms with Crippen LogP contribution in [0.5, 0.6) is 0 Å². The first-order valence-corrected chi connectivity index (χ1v) is 5.60. The normalized spacial score (nSPS) is 10.7. The molecular weight excluding hydrogens is 279 g/mol.